The number of nitrogens with zero attached hydrogens (tertiary/aromatic N) is 1. The van der Waals surface area contributed by atoms with Crippen LogP contribution in [0.2, 0.25) is 0 Å². The van der Waals surface area contributed by atoms with Crippen molar-refractivity contribution in [3.63, 3.8) is 0 Å². The van der Waals surface area contributed by atoms with Crippen LogP contribution in [0.15, 0.2) is 34.9 Å². The van der Waals surface area contributed by atoms with Crippen LogP contribution in [0.25, 0.3) is 0 Å². The van der Waals surface area contributed by atoms with Crippen molar-refractivity contribution in [1.29, 1.82) is 0 Å². The Bertz CT molecular complexity index is 594. The Morgan fingerprint density at radius 3 is 2.95 bits per heavy atom. The number of methoxy groups -OCH3 is 1. The lowest BCUT2D eigenvalue weighted by Gasteiger charge is -2.13. The molecule has 0 unspecified atom stereocenters. The third kappa shape index (κ3) is 3.36. The SMILES string of the molecule is COc1cccc([C@H](C)NCc2cc(C(=O)O)no2)c1. The Kier molecular flexibility index (Phi) is 4.37. The van der Waals surface area contributed by atoms with Crippen LogP contribution in [0.3, 0.4) is 0 Å². The van der Waals surface area contributed by atoms with Crippen LogP contribution in [-0.4, -0.2) is 23.3 Å². The zero-order valence-electron chi connectivity index (χ0n) is 11.3. The van der Waals surface area contributed by atoms with Gasteiger partial charge in [0.1, 0.15) is 5.75 Å². The van der Waals surface area contributed by atoms with Gasteiger partial charge in [-0.25, -0.2) is 4.79 Å². The Morgan fingerprint density at radius 2 is 2.30 bits per heavy atom. The summed E-state index contributed by atoms with van der Waals surface area (Å²) < 4.78 is 10.1. The van der Waals surface area contributed by atoms with Gasteiger partial charge in [-0.15, -0.1) is 0 Å². The van der Waals surface area contributed by atoms with E-state index in [2.05, 4.69) is 10.5 Å². The van der Waals surface area contributed by atoms with Crippen LogP contribution in [-0.2, 0) is 6.54 Å². The van der Waals surface area contributed by atoms with E-state index >= 15 is 0 Å². The molecule has 0 radical (unpaired) electrons. The van der Waals surface area contributed by atoms with Gasteiger partial charge in [-0.05, 0) is 24.6 Å². The molecule has 0 saturated carbocycles. The number of aromatic nitrogens is 1. The monoisotopic (exact) mass is 276 g/mol. The van der Waals surface area contributed by atoms with Crippen molar-refractivity contribution < 1.29 is 19.2 Å². The maximum absolute atomic E-state index is 10.7. The summed E-state index contributed by atoms with van der Waals surface area (Å²) in [6.07, 6.45) is 0. The first-order valence-electron chi connectivity index (χ1n) is 6.16. The standard InChI is InChI=1S/C14H16N2O4/c1-9(10-4-3-5-11(6-10)19-2)15-8-12-7-13(14(17)18)16-20-12/h3-7,9,15H,8H2,1-2H3,(H,17,18)/t9-/m0/s1. The highest BCUT2D eigenvalue weighted by Gasteiger charge is 2.12. The summed E-state index contributed by atoms with van der Waals surface area (Å²) in [4.78, 5) is 10.7. The Labute approximate surface area is 116 Å². The van der Waals surface area contributed by atoms with E-state index in [1.54, 1.807) is 7.11 Å². The third-order valence-corrected chi connectivity index (χ3v) is 2.95. The number of carboxylic acids is 1. The number of aromatic carboxylic acids is 1. The molecule has 0 saturated heterocycles. The molecule has 2 rings (SSSR count). The number of ether oxygens (including phenoxy) is 1. The summed E-state index contributed by atoms with van der Waals surface area (Å²) in [7, 11) is 1.62. The molecular weight excluding hydrogens is 260 g/mol. The molecule has 2 aromatic rings. The molecule has 1 heterocycles. The molecule has 0 aliphatic rings. The normalized spacial score (nSPS) is 12.1. The van der Waals surface area contributed by atoms with E-state index < -0.39 is 5.97 Å². The molecule has 6 nitrogen and oxygen atoms in total. The quantitative estimate of drug-likeness (QED) is 0.841. The average molecular weight is 276 g/mol. The number of carbonyl (C=O) groups is 1. The molecule has 0 fully saturated rings. The number of hydrogen-bond acceptors (Lipinski definition) is 5. The van der Waals surface area contributed by atoms with Crippen molar-refractivity contribution in [3.8, 4) is 5.75 Å². The fraction of sp³-hybridized carbons (Fsp3) is 0.286. The number of benzene rings is 1. The first-order valence-corrected chi connectivity index (χ1v) is 6.16. The number of hydrogen-bond donors (Lipinski definition) is 2. The van der Waals surface area contributed by atoms with Gasteiger partial charge in [-0.2, -0.15) is 0 Å². The molecule has 6 heteroatoms. The van der Waals surface area contributed by atoms with E-state index in [0.29, 0.717) is 12.3 Å². The number of rotatable bonds is 6. The summed E-state index contributed by atoms with van der Waals surface area (Å²) in [5.41, 5.74) is 0.984. The van der Waals surface area contributed by atoms with Crippen LogP contribution < -0.4 is 10.1 Å². The molecule has 0 aliphatic heterocycles. The van der Waals surface area contributed by atoms with Gasteiger partial charge in [0.2, 0.25) is 0 Å². The summed E-state index contributed by atoms with van der Waals surface area (Å²) in [6.45, 7) is 2.40. The summed E-state index contributed by atoms with van der Waals surface area (Å²) in [6, 6.07) is 9.22. The van der Waals surface area contributed by atoms with Crippen LogP contribution in [0.5, 0.6) is 5.75 Å². The van der Waals surface area contributed by atoms with Gasteiger partial charge < -0.3 is 19.7 Å². The fourth-order valence-corrected chi connectivity index (χ4v) is 1.78. The minimum absolute atomic E-state index is 0.0727. The average Bonchev–Trinajstić information content (AvgIpc) is 2.94. The first-order chi connectivity index (χ1) is 9.60. The molecule has 1 aromatic heterocycles. The fourth-order valence-electron chi connectivity index (χ4n) is 1.78. The van der Waals surface area contributed by atoms with Crippen LogP contribution >= 0.6 is 0 Å². The highest BCUT2D eigenvalue weighted by Crippen LogP contribution is 2.19. The van der Waals surface area contributed by atoms with E-state index in [9.17, 15) is 4.79 Å². The molecule has 106 valence electrons. The van der Waals surface area contributed by atoms with E-state index in [4.69, 9.17) is 14.4 Å². The second kappa shape index (κ2) is 6.21. The van der Waals surface area contributed by atoms with Gasteiger partial charge in [-0.1, -0.05) is 17.3 Å². The molecular formula is C14H16N2O4. The molecule has 20 heavy (non-hydrogen) atoms. The number of nitrogens with one attached hydrogen (secondary N) is 1. The minimum atomic E-state index is -1.10. The molecule has 0 bridgehead atoms. The van der Waals surface area contributed by atoms with Gasteiger partial charge in [-0.3, -0.25) is 0 Å². The molecule has 0 aliphatic carbocycles. The summed E-state index contributed by atoms with van der Waals surface area (Å²) >= 11 is 0. The van der Waals surface area contributed by atoms with Crippen molar-refractivity contribution in [2.45, 2.75) is 19.5 Å². The van der Waals surface area contributed by atoms with Gasteiger partial charge in [0.05, 0.1) is 13.7 Å². The second-order valence-electron chi connectivity index (χ2n) is 4.36. The zero-order chi connectivity index (χ0) is 14.5. The number of carboxylic acid groups (broad SMARTS) is 1. The maximum atomic E-state index is 10.7. The minimum Gasteiger partial charge on any atom is -0.497 e. The lowest BCUT2D eigenvalue weighted by molar-refractivity contribution is 0.0685. The zero-order valence-corrected chi connectivity index (χ0v) is 11.3. The molecule has 2 N–H and O–H groups in total. The predicted molar refractivity (Wildman–Crippen MR) is 71.7 cm³/mol. The van der Waals surface area contributed by atoms with E-state index in [0.717, 1.165) is 11.3 Å². The first kappa shape index (κ1) is 14.1. The van der Waals surface area contributed by atoms with Crippen molar-refractivity contribution in [3.05, 3.63) is 47.3 Å². The van der Waals surface area contributed by atoms with Crippen molar-refractivity contribution in [1.82, 2.24) is 10.5 Å². The topological polar surface area (TPSA) is 84.6 Å². The van der Waals surface area contributed by atoms with Crippen LogP contribution in [0.4, 0.5) is 0 Å². The Morgan fingerprint density at radius 1 is 1.50 bits per heavy atom. The van der Waals surface area contributed by atoms with E-state index in [-0.39, 0.29) is 11.7 Å². The molecule has 0 spiro atoms. The largest absolute Gasteiger partial charge is 0.497 e. The van der Waals surface area contributed by atoms with Crippen molar-refractivity contribution in [2.75, 3.05) is 7.11 Å². The Balaban J connectivity index is 1.96. The third-order valence-electron chi connectivity index (χ3n) is 2.95. The predicted octanol–water partition coefficient (Wildman–Crippen LogP) is 2.23. The van der Waals surface area contributed by atoms with Crippen molar-refractivity contribution in [2.24, 2.45) is 0 Å². The maximum Gasteiger partial charge on any atom is 0.358 e. The highest BCUT2D eigenvalue weighted by molar-refractivity contribution is 5.85. The Hall–Kier alpha value is -2.34. The van der Waals surface area contributed by atoms with Gasteiger partial charge in [0, 0.05) is 12.1 Å². The van der Waals surface area contributed by atoms with Crippen molar-refractivity contribution >= 4 is 5.97 Å². The van der Waals surface area contributed by atoms with Gasteiger partial charge in [0.15, 0.2) is 11.5 Å². The van der Waals surface area contributed by atoms with Crippen LogP contribution in [0.1, 0.15) is 34.8 Å². The van der Waals surface area contributed by atoms with Gasteiger partial charge in [0.25, 0.3) is 0 Å². The smallest absolute Gasteiger partial charge is 0.358 e. The lowest BCUT2D eigenvalue weighted by Crippen LogP contribution is -2.17. The molecule has 0 amide bonds. The second-order valence-corrected chi connectivity index (χ2v) is 4.36. The van der Waals surface area contributed by atoms with Crippen LogP contribution in [0, 0.1) is 0 Å². The lowest BCUT2D eigenvalue weighted by atomic mass is 10.1. The van der Waals surface area contributed by atoms with E-state index in [1.165, 1.54) is 6.07 Å². The highest BCUT2D eigenvalue weighted by atomic mass is 16.5. The van der Waals surface area contributed by atoms with E-state index in [1.807, 2.05) is 31.2 Å². The summed E-state index contributed by atoms with van der Waals surface area (Å²) in [5, 5.41) is 15.5. The summed E-state index contributed by atoms with van der Waals surface area (Å²) in [5.74, 6) is 0.182. The van der Waals surface area contributed by atoms with Gasteiger partial charge >= 0.3 is 5.97 Å². The molecule has 1 atom stereocenters. The molecule has 1 aromatic carbocycles.